The standard InChI is InChI=1S/C17H17FN4OS.HI/c1-19-17(20-9-12-5-2-3-6-14(12)18)21-10-13-11-23-16(22-13)15-7-4-8-24-15;/h2-8,11H,9-10H2,1H3,(H2,19,20,21);1H. The molecule has 0 aliphatic heterocycles. The molecule has 0 bridgehead atoms. The van der Waals surface area contributed by atoms with Crippen LogP contribution in [0.2, 0.25) is 0 Å². The van der Waals surface area contributed by atoms with Crippen molar-refractivity contribution in [2.75, 3.05) is 7.05 Å². The second kappa shape index (κ2) is 9.52. The number of benzene rings is 1. The molecule has 0 unspecified atom stereocenters. The first-order chi connectivity index (χ1) is 11.8. The Labute approximate surface area is 166 Å². The molecule has 3 aromatic rings. The molecule has 3 rings (SSSR count). The van der Waals surface area contributed by atoms with Crippen molar-refractivity contribution in [3.05, 3.63) is 65.1 Å². The van der Waals surface area contributed by atoms with E-state index in [0.717, 1.165) is 10.6 Å². The summed E-state index contributed by atoms with van der Waals surface area (Å²) in [6, 6.07) is 10.6. The number of hydrogen-bond acceptors (Lipinski definition) is 4. The van der Waals surface area contributed by atoms with E-state index in [4.69, 9.17) is 4.42 Å². The van der Waals surface area contributed by atoms with E-state index < -0.39 is 0 Å². The van der Waals surface area contributed by atoms with E-state index in [1.807, 2.05) is 17.5 Å². The van der Waals surface area contributed by atoms with Crippen LogP contribution in [0.1, 0.15) is 11.3 Å². The summed E-state index contributed by atoms with van der Waals surface area (Å²) in [5.41, 5.74) is 1.36. The molecular formula is C17H18FIN4OS. The van der Waals surface area contributed by atoms with Crippen molar-refractivity contribution in [3.63, 3.8) is 0 Å². The SMILES string of the molecule is CN=C(NCc1coc(-c2cccs2)n1)NCc1ccccc1F.I. The van der Waals surface area contributed by atoms with Crippen LogP contribution < -0.4 is 10.6 Å². The molecule has 0 saturated heterocycles. The fourth-order valence-corrected chi connectivity index (χ4v) is 2.77. The fourth-order valence-electron chi connectivity index (χ4n) is 2.12. The summed E-state index contributed by atoms with van der Waals surface area (Å²) in [6.07, 6.45) is 1.62. The zero-order valence-electron chi connectivity index (χ0n) is 13.5. The second-order valence-electron chi connectivity index (χ2n) is 4.99. The Morgan fingerprint density at radius 2 is 2.00 bits per heavy atom. The summed E-state index contributed by atoms with van der Waals surface area (Å²) in [6.45, 7) is 0.817. The fraction of sp³-hybridized carbons (Fsp3) is 0.176. The number of rotatable bonds is 5. The van der Waals surface area contributed by atoms with Crippen LogP contribution in [-0.4, -0.2) is 18.0 Å². The summed E-state index contributed by atoms with van der Waals surface area (Å²) >= 11 is 1.58. The highest BCUT2D eigenvalue weighted by Crippen LogP contribution is 2.23. The van der Waals surface area contributed by atoms with E-state index in [2.05, 4.69) is 20.6 Å². The number of nitrogens with one attached hydrogen (secondary N) is 2. The zero-order valence-corrected chi connectivity index (χ0v) is 16.7. The number of guanidine groups is 1. The number of aromatic nitrogens is 1. The maximum Gasteiger partial charge on any atom is 0.236 e. The molecule has 2 N–H and O–H groups in total. The maximum absolute atomic E-state index is 13.6. The number of oxazole rings is 1. The highest BCUT2D eigenvalue weighted by molar-refractivity contribution is 14.0. The monoisotopic (exact) mass is 472 g/mol. The van der Waals surface area contributed by atoms with E-state index in [9.17, 15) is 4.39 Å². The average molecular weight is 472 g/mol. The van der Waals surface area contributed by atoms with Crippen molar-refractivity contribution in [2.45, 2.75) is 13.1 Å². The Morgan fingerprint density at radius 3 is 2.72 bits per heavy atom. The average Bonchev–Trinajstić information content (AvgIpc) is 3.27. The van der Waals surface area contributed by atoms with Crippen molar-refractivity contribution in [1.29, 1.82) is 0 Å². The van der Waals surface area contributed by atoms with Gasteiger partial charge in [-0.3, -0.25) is 4.99 Å². The summed E-state index contributed by atoms with van der Waals surface area (Å²) in [4.78, 5) is 9.54. The van der Waals surface area contributed by atoms with Gasteiger partial charge in [0, 0.05) is 19.2 Å². The Morgan fingerprint density at radius 1 is 1.20 bits per heavy atom. The molecule has 2 heterocycles. The van der Waals surface area contributed by atoms with Crippen molar-refractivity contribution in [1.82, 2.24) is 15.6 Å². The van der Waals surface area contributed by atoms with Gasteiger partial charge in [-0.15, -0.1) is 35.3 Å². The van der Waals surface area contributed by atoms with E-state index in [1.165, 1.54) is 6.07 Å². The minimum Gasteiger partial charge on any atom is -0.443 e. The molecule has 0 amide bonds. The van der Waals surface area contributed by atoms with E-state index >= 15 is 0 Å². The third-order valence-electron chi connectivity index (χ3n) is 3.35. The van der Waals surface area contributed by atoms with Gasteiger partial charge in [0.25, 0.3) is 0 Å². The zero-order chi connectivity index (χ0) is 16.8. The number of nitrogens with zero attached hydrogens (tertiary/aromatic N) is 2. The van der Waals surface area contributed by atoms with Gasteiger partial charge in [-0.25, -0.2) is 9.37 Å². The largest absolute Gasteiger partial charge is 0.443 e. The Bertz CT molecular complexity index is 820. The first-order valence-electron chi connectivity index (χ1n) is 7.42. The van der Waals surface area contributed by atoms with Crippen LogP contribution in [0.15, 0.2) is 57.5 Å². The molecule has 0 aliphatic rings. The van der Waals surface area contributed by atoms with Crippen LogP contribution in [0.5, 0.6) is 0 Å². The molecule has 2 aromatic heterocycles. The molecule has 5 nitrogen and oxygen atoms in total. The van der Waals surface area contributed by atoms with Gasteiger partial charge in [-0.2, -0.15) is 0 Å². The van der Waals surface area contributed by atoms with Gasteiger partial charge in [0.2, 0.25) is 5.89 Å². The van der Waals surface area contributed by atoms with Crippen molar-refractivity contribution >= 4 is 41.3 Å². The van der Waals surface area contributed by atoms with Gasteiger partial charge in [-0.1, -0.05) is 24.3 Å². The van der Waals surface area contributed by atoms with Crippen molar-refractivity contribution < 1.29 is 8.81 Å². The Hall–Kier alpha value is -1.94. The lowest BCUT2D eigenvalue weighted by molar-refractivity contribution is 0.573. The van der Waals surface area contributed by atoms with Gasteiger partial charge >= 0.3 is 0 Å². The molecule has 0 radical (unpaired) electrons. The van der Waals surface area contributed by atoms with E-state index in [-0.39, 0.29) is 29.8 Å². The summed E-state index contributed by atoms with van der Waals surface area (Å²) in [7, 11) is 1.66. The third-order valence-corrected chi connectivity index (χ3v) is 4.21. The van der Waals surface area contributed by atoms with Crippen molar-refractivity contribution in [3.8, 4) is 10.8 Å². The third kappa shape index (κ3) is 5.27. The Balaban J connectivity index is 0.00000225. The van der Waals surface area contributed by atoms with E-state index in [0.29, 0.717) is 30.5 Å². The van der Waals surface area contributed by atoms with Crippen LogP contribution in [0.3, 0.4) is 0 Å². The van der Waals surface area contributed by atoms with Crippen LogP contribution in [-0.2, 0) is 13.1 Å². The quantitative estimate of drug-likeness (QED) is 0.335. The van der Waals surface area contributed by atoms with Crippen LogP contribution in [0.25, 0.3) is 10.8 Å². The second-order valence-corrected chi connectivity index (χ2v) is 5.94. The predicted octanol–water partition coefficient (Wildman–Crippen LogP) is 4.03. The smallest absolute Gasteiger partial charge is 0.236 e. The Kier molecular flexibility index (Phi) is 7.38. The van der Waals surface area contributed by atoms with Crippen LogP contribution in [0.4, 0.5) is 4.39 Å². The molecule has 25 heavy (non-hydrogen) atoms. The van der Waals surface area contributed by atoms with Gasteiger partial charge in [0.05, 0.1) is 17.1 Å². The lowest BCUT2D eigenvalue weighted by Crippen LogP contribution is -2.36. The molecule has 132 valence electrons. The number of aliphatic imine (C=N–C) groups is 1. The van der Waals surface area contributed by atoms with Crippen molar-refractivity contribution in [2.24, 2.45) is 4.99 Å². The molecular weight excluding hydrogens is 454 g/mol. The van der Waals surface area contributed by atoms with Gasteiger partial charge in [0.15, 0.2) is 5.96 Å². The molecule has 0 atom stereocenters. The molecule has 0 fully saturated rings. The molecule has 0 aliphatic carbocycles. The summed E-state index contributed by atoms with van der Waals surface area (Å²) < 4.78 is 19.1. The lowest BCUT2D eigenvalue weighted by atomic mass is 10.2. The van der Waals surface area contributed by atoms with Gasteiger partial charge in [-0.05, 0) is 17.5 Å². The first-order valence-corrected chi connectivity index (χ1v) is 8.30. The molecule has 8 heteroatoms. The van der Waals surface area contributed by atoms with Gasteiger partial charge < -0.3 is 15.1 Å². The number of halogens is 2. The molecule has 1 aromatic carbocycles. The minimum absolute atomic E-state index is 0. The van der Waals surface area contributed by atoms with Gasteiger partial charge in [0.1, 0.15) is 12.1 Å². The lowest BCUT2D eigenvalue weighted by Gasteiger charge is -2.11. The highest BCUT2D eigenvalue weighted by atomic mass is 127. The highest BCUT2D eigenvalue weighted by Gasteiger charge is 2.08. The van der Waals surface area contributed by atoms with Crippen LogP contribution >= 0.6 is 35.3 Å². The normalized spacial score (nSPS) is 11.0. The molecule has 0 saturated carbocycles. The number of thiophene rings is 1. The number of hydrogen-bond donors (Lipinski definition) is 2. The molecule has 0 spiro atoms. The predicted molar refractivity (Wildman–Crippen MR) is 109 cm³/mol. The van der Waals surface area contributed by atoms with Crippen LogP contribution in [0, 0.1) is 5.82 Å². The minimum atomic E-state index is -0.238. The summed E-state index contributed by atoms with van der Waals surface area (Å²) in [5.74, 6) is 0.938. The maximum atomic E-state index is 13.6. The topological polar surface area (TPSA) is 62.5 Å². The first kappa shape index (κ1) is 19.4. The summed E-state index contributed by atoms with van der Waals surface area (Å²) in [5, 5.41) is 8.18. The van der Waals surface area contributed by atoms with E-state index in [1.54, 1.807) is 42.8 Å².